The lowest BCUT2D eigenvalue weighted by Crippen LogP contribution is -2.13. The van der Waals surface area contributed by atoms with Gasteiger partial charge in [-0.3, -0.25) is 0 Å². The molecule has 0 radical (unpaired) electrons. The Hall–Kier alpha value is 0.160. The van der Waals surface area contributed by atoms with Crippen LogP contribution >= 0.6 is 10.7 Å². The SMILES string of the molecule is CC(C)(C)CCOCCOCCS(=O)(=O)Cl. The van der Waals surface area contributed by atoms with Crippen molar-refractivity contribution >= 4 is 19.7 Å². The molecule has 0 atom stereocenters. The summed E-state index contributed by atoms with van der Waals surface area (Å²) in [5.41, 5.74) is 0.271. The van der Waals surface area contributed by atoms with Crippen molar-refractivity contribution in [2.45, 2.75) is 27.2 Å². The van der Waals surface area contributed by atoms with E-state index in [1.807, 2.05) is 0 Å². The molecule has 0 amide bonds. The molecule has 0 heterocycles. The van der Waals surface area contributed by atoms with Gasteiger partial charge in [-0.05, 0) is 11.8 Å². The van der Waals surface area contributed by atoms with Crippen molar-refractivity contribution in [3.63, 3.8) is 0 Å². The number of hydrogen-bond donors (Lipinski definition) is 0. The molecule has 0 aliphatic heterocycles. The molecule has 0 aliphatic carbocycles. The maximum absolute atomic E-state index is 10.5. The summed E-state index contributed by atoms with van der Waals surface area (Å²) >= 11 is 0. The van der Waals surface area contributed by atoms with Crippen molar-refractivity contribution in [3.05, 3.63) is 0 Å². The van der Waals surface area contributed by atoms with Crippen molar-refractivity contribution in [2.75, 3.05) is 32.2 Å². The van der Waals surface area contributed by atoms with Gasteiger partial charge in [0.2, 0.25) is 9.05 Å². The third-order valence-electron chi connectivity index (χ3n) is 1.84. The molecule has 0 spiro atoms. The van der Waals surface area contributed by atoms with Gasteiger partial charge in [-0.1, -0.05) is 20.8 Å². The zero-order valence-corrected chi connectivity index (χ0v) is 11.7. The largest absolute Gasteiger partial charge is 0.379 e. The minimum Gasteiger partial charge on any atom is -0.379 e. The van der Waals surface area contributed by atoms with Crippen LogP contribution in [0.4, 0.5) is 0 Å². The van der Waals surface area contributed by atoms with Crippen LogP contribution in [0.15, 0.2) is 0 Å². The first-order chi connectivity index (χ1) is 7.21. The second kappa shape index (κ2) is 7.48. The molecule has 0 saturated heterocycles. The third-order valence-corrected chi connectivity index (χ3v) is 2.96. The highest BCUT2D eigenvalue weighted by atomic mass is 35.7. The second-order valence-corrected chi connectivity index (χ2v) is 7.67. The maximum Gasteiger partial charge on any atom is 0.234 e. The molecular weight excluding hydrogens is 252 g/mol. The van der Waals surface area contributed by atoms with E-state index in [2.05, 4.69) is 20.8 Å². The van der Waals surface area contributed by atoms with E-state index in [9.17, 15) is 8.42 Å². The van der Waals surface area contributed by atoms with Crippen molar-refractivity contribution in [2.24, 2.45) is 5.41 Å². The molecule has 16 heavy (non-hydrogen) atoms. The fourth-order valence-electron chi connectivity index (χ4n) is 0.859. The number of ether oxygens (including phenoxy) is 2. The van der Waals surface area contributed by atoms with Gasteiger partial charge >= 0.3 is 0 Å². The minimum absolute atomic E-state index is 0.120. The molecular formula is C10H21ClO4S. The Balaban J connectivity index is 3.23. The monoisotopic (exact) mass is 272 g/mol. The molecule has 6 heteroatoms. The van der Waals surface area contributed by atoms with Crippen LogP contribution in [0.5, 0.6) is 0 Å². The topological polar surface area (TPSA) is 52.6 Å². The Morgan fingerprint density at radius 3 is 1.94 bits per heavy atom. The standard InChI is InChI=1S/C10H21ClO4S/c1-10(2,3)4-5-14-6-7-15-8-9-16(11,12)13/h4-9H2,1-3H3. The van der Waals surface area contributed by atoms with E-state index >= 15 is 0 Å². The zero-order chi connectivity index (χ0) is 12.7. The number of halogens is 1. The van der Waals surface area contributed by atoms with E-state index in [0.717, 1.165) is 6.42 Å². The van der Waals surface area contributed by atoms with E-state index in [4.69, 9.17) is 20.2 Å². The molecule has 0 rings (SSSR count). The predicted molar refractivity (Wildman–Crippen MR) is 65.3 cm³/mol. The van der Waals surface area contributed by atoms with E-state index in [-0.39, 0.29) is 17.8 Å². The Kier molecular flexibility index (Phi) is 7.55. The van der Waals surface area contributed by atoms with E-state index in [1.54, 1.807) is 0 Å². The number of rotatable bonds is 8. The molecule has 0 saturated carbocycles. The molecule has 0 aliphatic rings. The van der Waals surface area contributed by atoms with Gasteiger partial charge in [0.15, 0.2) is 0 Å². The average molecular weight is 273 g/mol. The molecule has 4 nitrogen and oxygen atoms in total. The molecule has 0 aromatic rings. The third kappa shape index (κ3) is 14.2. The number of hydrogen-bond acceptors (Lipinski definition) is 4. The summed E-state index contributed by atoms with van der Waals surface area (Å²) in [6.07, 6.45) is 0.989. The van der Waals surface area contributed by atoms with E-state index in [0.29, 0.717) is 19.8 Å². The van der Waals surface area contributed by atoms with Gasteiger partial charge in [0.25, 0.3) is 0 Å². The summed E-state index contributed by atoms with van der Waals surface area (Å²) in [4.78, 5) is 0. The van der Waals surface area contributed by atoms with Crippen LogP contribution < -0.4 is 0 Å². The average Bonchev–Trinajstić information content (AvgIpc) is 2.06. The second-order valence-electron chi connectivity index (χ2n) is 4.78. The Morgan fingerprint density at radius 2 is 1.50 bits per heavy atom. The highest BCUT2D eigenvalue weighted by Gasteiger charge is 2.09. The molecule has 0 fully saturated rings. The van der Waals surface area contributed by atoms with Crippen LogP contribution in [0.2, 0.25) is 0 Å². The van der Waals surface area contributed by atoms with Crippen molar-refractivity contribution in [1.29, 1.82) is 0 Å². The Labute approximate surface area is 103 Å². The molecule has 0 aromatic heterocycles. The summed E-state index contributed by atoms with van der Waals surface area (Å²) in [7, 11) is 1.57. The van der Waals surface area contributed by atoms with Gasteiger partial charge < -0.3 is 9.47 Å². The van der Waals surface area contributed by atoms with Crippen LogP contribution in [0.1, 0.15) is 27.2 Å². The fraction of sp³-hybridized carbons (Fsp3) is 1.00. The van der Waals surface area contributed by atoms with Crippen LogP contribution in [0.3, 0.4) is 0 Å². The molecule has 98 valence electrons. The molecule has 0 N–H and O–H groups in total. The van der Waals surface area contributed by atoms with Gasteiger partial charge in [0.1, 0.15) is 0 Å². The summed E-state index contributed by atoms with van der Waals surface area (Å²) in [6.45, 7) is 8.15. The summed E-state index contributed by atoms with van der Waals surface area (Å²) in [5.74, 6) is -0.156. The van der Waals surface area contributed by atoms with Gasteiger partial charge in [-0.15, -0.1) is 0 Å². The van der Waals surface area contributed by atoms with Crippen LogP contribution in [0, 0.1) is 5.41 Å². The van der Waals surface area contributed by atoms with E-state index < -0.39 is 9.05 Å². The first-order valence-corrected chi connectivity index (χ1v) is 7.76. The van der Waals surface area contributed by atoms with Crippen LogP contribution in [-0.2, 0) is 18.5 Å². The van der Waals surface area contributed by atoms with Gasteiger partial charge in [-0.25, -0.2) is 8.42 Å². The van der Waals surface area contributed by atoms with Crippen molar-refractivity contribution in [3.8, 4) is 0 Å². The van der Waals surface area contributed by atoms with Crippen LogP contribution in [0.25, 0.3) is 0 Å². The van der Waals surface area contributed by atoms with Crippen molar-refractivity contribution < 1.29 is 17.9 Å². The van der Waals surface area contributed by atoms with Crippen molar-refractivity contribution in [1.82, 2.24) is 0 Å². The molecule has 0 aromatic carbocycles. The maximum atomic E-state index is 10.5. The quantitative estimate of drug-likeness (QED) is 0.501. The van der Waals surface area contributed by atoms with Gasteiger partial charge in [0.05, 0.1) is 25.6 Å². The van der Waals surface area contributed by atoms with E-state index in [1.165, 1.54) is 0 Å². The lowest BCUT2D eigenvalue weighted by molar-refractivity contribution is 0.0437. The minimum atomic E-state index is -3.43. The first kappa shape index (κ1) is 16.2. The lowest BCUT2D eigenvalue weighted by atomic mass is 9.93. The molecule has 0 unspecified atom stereocenters. The first-order valence-electron chi connectivity index (χ1n) is 5.28. The summed E-state index contributed by atoms with van der Waals surface area (Å²) < 4.78 is 31.4. The Morgan fingerprint density at radius 1 is 1.00 bits per heavy atom. The van der Waals surface area contributed by atoms with Gasteiger partial charge in [0, 0.05) is 17.3 Å². The van der Waals surface area contributed by atoms with Gasteiger partial charge in [-0.2, -0.15) is 0 Å². The normalized spacial score (nSPS) is 13.0. The smallest absolute Gasteiger partial charge is 0.234 e. The molecule has 0 bridgehead atoms. The zero-order valence-electron chi connectivity index (χ0n) is 10.2. The summed E-state index contributed by atoms with van der Waals surface area (Å²) in [6, 6.07) is 0. The van der Waals surface area contributed by atoms with Crippen LogP contribution in [-0.4, -0.2) is 40.6 Å². The predicted octanol–water partition coefficient (Wildman–Crippen LogP) is 2.02. The Bertz CT molecular complexity index is 269. The fourth-order valence-corrected chi connectivity index (χ4v) is 1.36. The lowest BCUT2D eigenvalue weighted by Gasteiger charge is -2.17. The highest BCUT2D eigenvalue weighted by Crippen LogP contribution is 2.17. The summed E-state index contributed by atoms with van der Waals surface area (Å²) in [5, 5.41) is 0. The highest BCUT2D eigenvalue weighted by molar-refractivity contribution is 8.13.